The zero-order chi connectivity index (χ0) is 11.5. The van der Waals surface area contributed by atoms with E-state index in [-0.39, 0.29) is 11.0 Å². The molecular weight excluding hydrogens is 212 g/mol. The van der Waals surface area contributed by atoms with Gasteiger partial charge in [0.1, 0.15) is 0 Å². The molecule has 0 spiro atoms. The molecule has 1 aromatic rings. The summed E-state index contributed by atoms with van der Waals surface area (Å²) in [6, 6.07) is 6.72. The standard InChI is InChI=1S/C11H16O3S/c1-4-10(3)14-15(12,13)11-7-5-6-9(2)8-11/h5-8,10H,4H2,1-3H3. The Hall–Kier alpha value is -0.870. The van der Waals surface area contributed by atoms with Gasteiger partial charge >= 0.3 is 0 Å². The number of rotatable bonds is 4. The molecule has 0 amide bonds. The van der Waals surface area contributed by atoms with E-state index in [1.165, 1.54) is 0 Å². The van der Waals surface area contributed by atoms with Gasteiger partial charge in [-0.15, -0.1) is 0 Å². The average molecular weight is 228 g/mol. The lowest BCUT2D eigenvalue weighted by atomic mass is 10.2. The van der Waals surface area contributed by atoms with Gasteiger partial charge < -0.3 is 0 Å². The Morgan fingerprint density at radius 1 is 1.40 bits per heavy atom. The van der Waals surface area contributed by atoms with E-state index in [2.05, 4.69) is 0 Å². The normalized spacial score (nSPS) is 13.8. The molecule has 4 heteroatoms. The van der Waals surface area contributed by atoms with Crippen LogP contribution < -0.4 is 0 Å². The van der Waals surface area contributed by atoms with Crippen molar-refractivity contribution in [3.8, 4) is 0 Å². The van der Waals surface area contributed by atoms with Gasteiger partial charge in [-0.05, 0) is 38.0 Å². The Kier molecular flexibility index (Phi) is 3.88. The van der Waals surface area contributed by atoms with Crippen molar-refractivity contribution >= 4 is 10.1 Å². The molecule has 1 atom stereocenters. The van der Waals surface area contributed by atoms with Crippen molar-refractivity contribution < 1.29 is 12.6 Å². The number of hydrogen-bond donors (Lipinski definition) is 0. The van der Waals surface area contributed by atoms with Crippen LogP contribution in [0.3, 0.4) is 0 Å². The van der Waals surface area contributed by atoms with Gasteiger partial charge in [-0.3, -0.25) is 4.18 Å². The van der Waals surface area contributed by atoms with Crippen LogP contribution in [0.2, 0.25) is 0 Å². The fraction of sp³-hybridized carbons (Fsp3) is 0.455. The second-order valence-corrected chi connectivity index (χ2v) is 5.16. The van der Waals surface area contributed by atoms with Gasteiger partial charge in [0.05, 0.1) is 11.0 Å². The van der Waals surface area contributed by atoms with Gasteiger partial charge in [0, 0.05) is 0 Å². The van der Waals surface area contributed by atoms with Crippen molar-refractivity contribution in [2.75, 3.05) is 0 Å². The first-order valence-corrected chi connectivity index (χ1v) is 6.36. The average Bonchev–Trinajstić information content (AvgIpc) is 2.17. The highest BCUT2D eigenvalue weighted by Crippen LogP contribution is 2.16. The Morgan fingerprint density at radius 2 is 2.07 bits per heavy atom. The molecule has 0 aliphatic carbocycles. The van der Waals surface area contributed by atoms with Crippen LogP contribution in [0.5, 0.6) is 0 Å². The maximum atomic E-state index is 11.7. The molecule has 0 heterocycles. The van der Waals surface area contributed by atoms with Crippen molar-refractivity contribution in [2.24, 2.45) is 0 Å². The maximum Gasteiger partial charge on any atom is 0.297 e. The van der Waals surface area contributed by atoms with Gasteiger partial charge in [-0.25, -0.2) is 0 Å². The first-order chi connectivity index (χ1) is 6.95. The number of aryl methyl sites for hydroxylation is 1. The molecule has 1 unspecified atom stereocenters. The summed E-state index contributed by atoms with van der Waals surface area (Å²) in [4.78, 5) is 0.225. The molecule has 0 bridgehead atoms. The molecule has 0 fully saturated rings. The van der Waals surface area contributed by atoms with E-state index in [1.54, 1.807) is 25.1 Å². The second-order valence-electron chi connectivity index (χ2n) is 3.59. The summed E-state index contributed by atoms with van der Waals surface area (Å²) in [5.41, 5.74) is 0.906. The molecule has 0 saturated carbocycles. The molecule has 0 saturated heterocycles. The van der Waals surface area contributed by atoms with E-state index in [4.69, 9.17) is 4.18 Å². The van der Waals surface area contributed by atoms with Gasteiger partial charge in [-0.2, -0.15) is 8.42 Å². The molecule has 1 aromatic carbocycles. The Bertz CT molecular complexity index is 423. The summed E-state index contributed by atoms with van der Waals surface area (Å²) in [6.07, 6.45) is 0.390. The minimum atomic E-state index is -3.59. The van der Waals surface area contributed by atoms with Crippen LogP contribution in [0.1, 0.15) is 25.8 Å². The van der Waals surface area contributed by atoms with Crippen molar-refractivity contribution in [3.05, 3.63) is 29.8 Å². The summed E-state index contributed by atoms with van der Waals surface area (Å²) in [6.45, 7) is 5.48. The summed E-state index contributed by atoms with van der Waals surface area (Å²) in [5.74, 6) is 0. The highest BCUT2D eigenvalue weighted by Gasteiger charge is 2.17. The van der Waals surface area contributed by atoms with Crippen LogP contribution in [0.4, 0.5) is 0 Å². The molecule has 1 rings (SSSR count). The summed E-state index contributed by atoms with van der Waals surface area (Å²) in [5, 5.41) is 0. The second kappa shape index (κ2) is 4.77. The Balaban J connectivity index is 2.96. The fourth-order valence-electron chi connectivity index (χ4n) is 1.11. The van der Waals surface area contributed by atoms with Gasteiger partial charge in [-0.1, -0.05) is 19.1 Å². The third kappa shape index (κ3) is 3.32. The Labute approximate surface area is 91.2 Å². The fourth-order valence-corrected chi connectivity index (χ4v) is 2.37. The smallest absolute Gasteiger partial charge is 0.263 e. The third-order valence-electron chi connectivity index (χ3n) is 2.14. The molecule has 84 valence electrons. The molecule has 15 heavy (non-hydrogen) atoms. The molecule has 0 aliphatic heterocycles. The van der Waals surface area contributed by atoms with Crippen molar-refractivity contribution in [3.63, 3.8) is 0 Å². The highest BCUT2D eigenvalue weighted by molar-refractivity contribution is 7.86. The monoisotopic (exact) mass is 228 g/mol. The van der Waals surface area contributed by atoms with E-state index >= 15 is 0 Å². The molecule has 3 nitrogen and oxygen atoms in total. The van der Waals surface area contributed by atoms with Crippen molar-refractivity contribution in [2.45, 2.75) is 38.2 Å². The van der Waals surface area contributed by atoms with E-state index in [9.17, 15) is 8.42 Å². The topological polar surface area (TPSA) is 43.4 Å². The van der Waals surface area contributed by atoms with Gasteiger partial charge in [0.25, 0.3) is 10.1 Å². The number of hydrogen-bond acceptors (Lipinski definition) is 3. The molecule has 0 N–H and O–H groups in total. The van der Waals surface area contributed by atoms with Crippen LogP contribution in [0, 0.1) is 6.92 Å². The maximum absolute atomic E-state index is 11.7. The zero-order valence-corrected chi connectivity index (χ0v) is 10.0. The predicted molar refractivity (Wildman–Crippen MR) is 59.2 cm³/mol. The predicted octanol–water partition coefficient (Wildman–Crippen LogP) is 2.50. The van der Waals surface area contributed by atoms with Gasteiger partial charge in [0.15, 0.2) is 0 Å². The minimum absolute atomic E-state index is 0.225. The van der Waals surface area contributed by atoms with Crippen LogP contribution >= 0.6 is 0 Å². The van der Waals surface area contributed by atoms with E-state index in [0.29, 0.717) is 6.42 Å². The number of benzene rings is 1. The summed E-state index contributed by atoms with van der Waals surface area (Å²) in [7, 11) is -3.59. The van der Waals surface area contributed by atoms with E-state index in [0.717, 1.165) is 5.56 Å². The third-order valence-corrected chi connectivity index (χ3v) is 3.56. The Morgan fingerprint density at radius 3 is 2.60 bits per heavy atom. The summed E-state index contributed by atoms with van der Waals surface area (Å²) < 4.78 is 28.5. The highest BCUT2D eigenvalue weighted by atomic mass is 32.2. The van der Waals surface area contributed by atoms with Crippen LogP contribution in [0.25, 0.3) is 0 Å². The van der Waals surface area contributed by atoms with E-state index in [1.807, 2.05) is 19.9 Å². The lowest BCUT2D eigenvalue weighted by molar-refractivity contribution is 0.224. The van der Waals surface area contributed by atoms with Crippen molar-refractivity contribution in [1.82, 2.24) is 0 Å². The largest absolute Gasteiger partial charge is 0.297 e. The van der Waals surface area contributed by atoms with Gasteiger partial charge in [0.2, 0.25) is 0 Å². The van der Waals surface area contributed by atoms with Crippen LogP contribution in [-0.4, -0.2) is 14.5 Å². The van der Waals surface area contributed by atoms with Crippen molar-refractivity contribution in [1.29, 1.82) is 0 Å². The SMILES string of the molecule is CCC(C)OS(=O)(=O)c1cccc(C)c1. The van der Waals surface area contributed by atoms with E-state index < -0.39 is 10.1 Å². The van der Waals surface area contributed by atoms with Crippen LogP contribution in [0.15, 0.2) is 29.2 Å². The zero-order valence-electron chi connectivity index (χ0n) is 9.23. The molecule has 0 aliphatic rings. The lowest BCUT2D eigenvalue weighted by Crippen LogP contribution is -2.14. The first kappa shape index (κ1) is 12.2. The van der Waals surface area contributed by atoms with Crippen LogP contribution in [-0.2, 0) is 14.3 Å². The first-order valence-electron chi connectivity index (χ1n) is 4.95. The minimum Gasteiger partial charge on any atom is -0.263 e. The molecule has 0 aromatic heterocycles. The summed E-state index contributed by atoms with van der Waals surface area (Å²) >= 11 is 0. The molecule has 0 radical (unpaired) electrons. The quantitative estimate of drug-likeness (QED) is 0.744. The lowest BCUT2D eigenvalue weighted by Gasteiger charge is -2.10. The molecular formula is C11H16O3S.